The fourth-order valence-corrected chi connectivity index (χ4v) is 5.42. The Labute approximate surface area is 171 Å². The summed E-state index contributed by atoms with van der Waals surface area (Å²) in [6.45, 7) is 11.1. The molecule has 4 nitrogen and oxygen atoms in total. The molecule has 0 amide bonds. The third-order valence-electron chi connectivity index (χ3n) is 8.05. The predicted octanol–water partition coefficient (Wildman–Crippen LogP) is 6.38. The first-order chi connectivity index (χ1) is 12.9. The van der Waals surface area contributed by atoms with Crippen molar-refractivity contribution in [3.05, 3.63) is 0 Å². The predicted molar refractivity (Wildman–Crippen MR) is 112 cm³/mol. The van der Waals surface area contributed by atoms with E-state index in [1.165, 1.54) is 25.7 Å². The van der Waals surface area contributed by atoms with Gasteiger partial charge in [-0.3, -0.25) is 9.59 Å². The van der Waals surface area contributed by atoms with Gasteiger partial charge in [0, 0.05) is 0 Å². The van der Waals surface area contributed by atoms with E-state index in [0.717, 1.165) is 44.9 Å². The quantitative estimate of drug-likeness (QED) is 0.567. The van der Waals surface area contributed by atoms with Crippen LogP contribution in [0.15, 0.2) is 0 Å². The van der Waals surface area contributed by atoms with Crippen LogP contribution in [0.25, 0.3) is 0 Å². The molecule has 0 aromatic carbocycles. The van der Waals surface area contributed by atoms with Gasteiger partial charge in [-0.05, 0) is 93.3 Å². The van der Waals surface area contributed by atoms with Crippen molar-refractivity contribution in [2.75, 3.05) is 0 Å². The molecule has 0 saturated heterocycles. The SMILES string of the molecule is CC1(C)CCC(C2(C(=O)O)CC2)CC1.CCC(C(=O)O)C1CCC(C)(C)CC1. The van der Waals surface area contributed by atoms with Gasteiger partial charge in [-0.25, -0.2) is 0 Å². The largest absolute Gasteiger partial charge is 0.481 e. The van der Waals surface area contributed by atoms with Gasteiger partial charge in [-0.2, -0.15) is 0 Å². The van der Waals surface area contributed by atoms with Crippen LogP contribution in [-0.4, -0.2) is 22.2 Å². The monoisotopic (exact) mass is 394 g/mol. The van der Waals surface area contributed by atoms with E-state index in [4.69, 9.17) is 5.11 Å². The molecule has 0 aliphatic heterocycles. The first kappa shape index (κ1) is 23.2. The molecule has 1 atom stereocenters. The van der Waals surface area contributed by atoms with Gasteiger partial charge in [0.25, 0.3) is 0 Å². The van der Waals surface area contributed by atoms with Crippen molar-refractivity contribution in [2.24, 2.45) is 34.0 Å². The number of carboxylic acids is 2. The van der Waals surface area contributed by atoms with Crippen molar-refractivity contribution in [1.29, 1.82) is 0 Å². The molecule has 0 aromatic heterocycles. The fourth-order valence-electron chi connectivity index (χ4n) is 5.42. The van der Waals surface area contributed by atoms with E-state index in [9.17, 15) is 14.7 Å². The van der Waals surface area contributed by atoms with E-state index in [0.29, 0.717) is 22.7 Å². The van der Waals surface area contributed by atoms with Crippen molar-refractivity contribution in [3.63, 3.8) is 0 Å². The second-order valence-corrected chi connectivity index (χ2v) is 11.3. The number of aliphatic carboxylic acids is 2. The Kier molecular flexibility index (Phi) is 7.26. The first-order valence-corrected chi connectivity index (χ1v) is 11.4. The Morgan fingerprint density at radius 3 is 1.57 bits per heavy atom. The van der Waals surface area contributed by atoms with Crippen molar-refractivity contribution in [3.8, 4) is 0 Å². The number of carboxylic acid groups (broad SMARTS) is 2. The second-order valence-electron chi connectivity index (χ2n) is 11.3. The topological polar surface area (TPSA) is 74.6 Å². The summed E-state index contributed by atoms with van der Waals surface area (Å²) < 4.78 is 0. The Hall–Kier alpha value is -1.06. The standard InChI is InChI=1S/C12H20O2.C12H22O2/c1-11(2)5-3-9(4-6-11)12(7-8-12)10(13)14;1-4-10(11(13)14)9-5-7-12(2,3)8-6-9/h9H,3-8H2,1-2H3,(H,13,14);9-10H,4-8H2,1-3H3,(H,13,14). The van der Waals surface area contributed by atoms with Crippen LogP contribution in [0, 0.1) is 34.0 Å². The minimum absolute atomic E-state index is 0.105. The third-order valence-corrected chi connectivity index (χ3v) is 8.05. The molecule has 0 radical (unpaired) electrons. The molecule has 2 N–H and O–H groups in total. The molecule has 3 rings (SSSR count). The van der Waals surface area contributed by atoms with Crippen LogP contribution in [0.3, 0.4) is 0 Å². The molecule has 28 heavy (non-hydrogen) atoms. The van der Waals surface area contributed by atoms with Gasteiger partial charge in [-0.15, -0.1) is 0 Å². The first-order valence-electron chi connectivity index (χ1n) is 11.4. The number of hydrogen-bond donors (Lipinski definition) is 2. The van der Waals surface area contributed by atoms with E-state index >= 15 is 0 Å². The van der Waals surface area contributed by atoms with Crippen LogP contribution in [0.5, 0.6) is 0 Å². The molecule has 0 aromatic rings. The molecule has 1 unspecified atom stereocenters. The van der Waals surface area contributed by atoms with Gasteiger partial charge in [0.05, 0.1) is 11.3 Å². The summed E-state index contributed by atoms with van der Waals surface area (Å²) in [4.78, 5) is 22.1. The molecular formula is C24H42O4. The van der Waals surface area contributed by atoms with Crippen molar-refractivity contribution in [2.45, 2.75) is 105 Å². The van der Waals surface area contributed by atoms with Gasteiger partial charge < -0.3 is 10.2 Å². The molecule has 0 heterocycles. The van der Waals surface area contributed by atoms with Crippen LogP contribution in [0.1, 0.15) is 105 Å². The number of rotatable bonds is 5. The smallest absolute Gasteiger partial charge is 0.309 e. The molecule has 3 fully saturated rings. The summed E-state index contributed by atoms with van der Waals surface area (Å²) in [5.41, 5.74) is 0.592. The van der Waals surface area contributed by atoms with Gasteiger partial charge in [0.2, 0.25) is 0 Å². The maximum absolute atomic E-state index is 11.1. The summed E-state index contributed by atoms with van der Waals surface area (Å²) in [7, 11) is 0. The lowest BCUT2D eigenvalue weighted by Gasteiger charge is -2.36. The van der Waals surface area contributed by atoms with Gasteiger partial charge >= 0.3 is 11.9 Å². The average Bonchev–Trinajstić information content (AvgIpc) is 3.39. The maximum atomic E-state index is 11.1. The zero-order valence-corrected chi connectivity index (χ0v) is 18.7. The van der Waals surface area contributed by atoms with Crippen LogP contribution in [0.4, 0.5) is 0 Å². The Bertz CT molecular complexity index is 539. The average molecular weight is 395 g/mol. The molecule has 162 valence electrons. The van der Waals surface area contributed by atoms with Crippen molar-refractivity contribution >= 4 is 11.9 Å². The summed E-state index contributed by atoms with van der Waals surface area (Å²) >= 11 is 0. The minimum atomic E-state index is -0.600. The normalized spacial score (nSPS) is 27.2. The summed E-state index contributed by atoms with van der Waals surface area (Å²) in [5, 5.41) is 18.2. The summed E-state index contributed by atoms with van der Waals surface area (Å²) in [6.07, 6.45) is 11.8. The highest BCUT2D eigenvalue weighted by Gasteiger charge is 2.56. The van der Waals surface area contributed by atoms with E-state index in [2.05, 4.69) is 27.7 Å². The van der Waals surface area contributed by atoms with Crippen LogP contribution >= 0.6 is 0 Å². The number of hydrogen-bond acceptors (Lipinski definition) is 2. The lowest BCUT2D eigenvalue weighted by molar-refractivity contribution is -0.147. The minimum Gasteiger partial charge on any atom is -0.481 e. The molecule has 0 bridgehead atoms. The zero-order chi connectivity index (χ0) is 21.2. The molecule has 3 aliphatic rings. The highest BCUT2D eigenvalue weighted by atomic mass is 16.4. The van der Waals surface area contributed by atoms with Gasteiger partial charge in [-0.1, -0.05) is 34.6 Å². The summed E-state index contributed by atoms with van der Waals surface area (Å²) in [6, 6.07) is 0. The third kappa shape index (κ3) is 5.73. The van der Waals surface area contributed by atoms with E-state index in [-0.39, 0.29) is 11.3 Å². The van der Waals surface area contributed by atoms with Crippen LogP contribution in [-0.2, 0) is 9.59 Å². The van der Waals surface area contributed by atoms with Crippen LogP contribution < -0.4 is 0 Å². The lowest BCUT2D eigenvalue weighted by atomic mass is 9.68. The Morgan fingerprint density at radius 1 is 0.821 bits per heavy atom. The molecule has 4 heteroatoms. The van der Waals surface area contributed by atoms with Gasteiger partial charge in [0.1, 0.15) is 0 Å². The Morgan fingerprint density at radius 2 is 1.25 bits per heavy atom. The van der Waals surface area contributed by atoms with Crippen LogP contribution in [0.2, 0.25) is 0 Å². The van der Waals surface area contributed by atoms with Crippen molar-refractivity contribution < 1.29 is 19.8 Å². The molecule has 3 saturated carbocycles. The van der Waals surface area contributed by atoms with E-state index < -0.39 is 11.9 Å². The fraction of sp³-hybridized carbons (Fsp3) is 0.917. The number of carbonyl (C=O) groups is 2. The van der Waals surface area contributed by atoms with Gasteiger partial charge in [0.15, 0.2) is 0 Å². The summed E-state index contributed by atoms with van der Waals surface area (Å²) in [5.74, 6) is -0.357. The lowest BCUT2D eigenvalue weighted by Crippen LogP contribution is -2.31. The highest BCUT2D eigenvalue weighted by Crippen LogP contribution is 2.58. The molecular weight excluding hydrogens is 352 g/mol. The highest BCUT2D eigenvalue weighted by molar-refractivity contribution is 5.78. The molecule has 0 spiro atoms. The van der Waals surface area contributed by atoms with E-state index in [1.807, 2.05) is 6.92 Å². The van der Waals surface area contributed by atoms with Crippen molar-refractivity contribution in [1.82, 2.24) is 0 Å². The Balaban J connectivity index is 0.000000200. The van der Waals surface area contributed by atoms with E-state index in [1.54, 1.807) is 0 Å². The second kappa shape index (κ2) is 8.75. The zero-order valence-electron chi connectivity index (χ0n) is 18.7. The maximum Gasteiger partial charge on any atom is 0.309 e. The molecule has 3 aliphatic carbocycles.